The van der Waals surface area contributed by atoms with Crippen LogP contribution in [0.4, 0.5) is 0 Å². The van der Waals surface area contributed by atoms with Crippen LogP contribution in [-0.4, -0.2) is 24.7 Å². The van der Waals surface area contributed by atoms with Gasteiger partial charge in [-0.2, -0.15) is 0 Å². The standard InChI is InChI=1S/C10H16N2O/c1-7(6-8(2)11-3)9-4-5-10(13)12-9/h6,9H,4-5H2,1-3H3,(H,12,13)/b7-6+,11-8?. The van der Waals surface area contributed by atoms with Gasteiger partial charge in [0.15, 0.2) is 0 Å². The Morgan fingerprint density at radius 3 is 2.77 bits per heavy atom. The van der Waals surface area contributed by atoms with E-state index >= 15 is 0 Å². The highest BCUT2D eigenvalue weighted by Crippen LogP contribution is 2.14. The van der Waals surface area contributed by atoms with Crippen molar-refractivity contribution in [3.8, 4) is 0 Å². The number of aliphatic imine (C=N–C) groups is 1. The molecule has 0 aliphatic carbocycles. The van der Waals surface area contributed by atoms with E-state index in [1.165, 1.54) is 5.57 Å². The van der Waals surface area contributed by atoms with Crippen LogP contribution in [0.5, 0.6) is 0 Å². The second kappa shape index (κ2) is 4.21. The Bertz CT molecular complexity index is 266. The summed E-state index contributed by atoms with van der Waals surface area (Å²) in [6.07, 6.45) is 3.59. The van der Waals surface area contributed by atoms with Gasteiger partial charge in [-0.25, -0.2) is 0 Å². The highest BCUT2D eigenvalue weighted by Gasteiger charge is 2.21. The van der Waals surface area contributed by atoms with Crippen molar-refractivity contribution in [2.24, 2.45) is 4.99 Å². The molecule has 1 aliphatic rings. The number of amides is 1. The van der Waals surface area contributed by atoms with Crippen LogP contribution >= 0.6 is 0 Å². The van der Waals surface area contributed by atoms with Crippen LogP contribution in [0.1, 0.15) is 26.7 Å². The maximum absolute atomic E-state index is 10.9. The molecule has 72 valence electrons. The van der Waals surface area contributed by atoms with Gasteiger partial charge in [0.2, 0.25) is 5.91 Å². The van der Waals surface area contributed by atoms with E-state index in [2.05, 4.69) is 10.3 Å². The molecule has 1 heterocycles. The molecule has 1 N–H and O–H groups in total. The first-order chi connectivity index (χ1) is 6.13. The maximum Gasteiger partial charge on any atom is 0.220 e. The fourth-order valence-corrected chi connectivity index (χ4v) is 1.45. The third-order valence-corrected chi connectivity index (χ3v) is 2.33. The minimum atomic E-state index is 0.156. The number of hydrogen-bond acceptors (Lipinski definition) is 2. The summed E-state index contributed by atoms with van der Waals surface area (Å²) < 4.78 is 0. The molecule has 0 bridgehead atoms. The first kappa shape index (κ1) is 9.96. The van der Waals surface area contributed by atoms with Gasteiger partial charge in [-0.05, 0) is 31.9 Å². The molecule has 1 unspecified atom stereocenters. The third kappa shape index (κ3) is 2.68. The van der Waals surface area contributed by atoms with Crippen LogP contribution in [0, 0.1) is 0 Å². The van der Waals surface area contributed by atoms with Gasteiger partial charge in [0, 0.05) is 19.2 Å². The van der Waals surface area contributed by atoms with Crippen molar-refractivity contribution in [2.45, 2.75) is 32.7 Å². The Morgan fingerprint density at radius 1 is 1.62 bits per heavy atom. The van der Waals surface area contributed by atoms with Crippen molar-refractivity contribution in [2.75, 3.05) is 7.05 Å². The Hall–Kier alpha value is -1.12. The zero-order chi connectivity index (χ0) is 9.84. The lowest BCUT2D eigenvalue weighted by molar-refractivity contribution is -0.119. The van der Waals surface area contributed by atoms with Crippen molar-refractivity contribution in [3.05, 3.63) is 11.6 Å². The number of allylic oxidation sites excluding steroid dienone is 1. The fourth-order valence-electron chi connectivity index (χ4n) is 1.45. The monoisotopic (exact) mass is 180 g/mol. The smallest absolute Gasteiger partial charge is 0.220 e. The van der Waals surface area contributed by atoms with Gasteiger partial charge >= 0.3 is 0 Å². The van der Waals surface area contributed by atoms with Crippen LogP contribution in [0.2, 0.25) is 0 Å². The molecule has 3 heteroatoms. The largest absolute Gasteiger partial charge is 0.350 e. The molecule has 1 saturated heterocycles. The summed E-state index contributed by atoms with van der Waals surface area (Å²) in [7, 11) is 1.77. The van der Waals surface area contributed by atoms with E-state index < -0.39 is 0 Å². The van der Waals surface area contributed by atoms with Gasteiger partial charge in [-0.1, -0.05) is 0 Å². The molecule has 1 amide bonds. The lowest BCUT2D eigenvalue weighted by Crippen LogP contribution is -2.26. The second-order valence-electron chi connectivity index (χ2n) is 3.41. The molecule has 1 fully saturated rings. The molecule has 0 saturated carbocycles. The quantitative estimate of drug-likeness (QED) is 0.639. The summed E-state index contributed by atoms with van der Waals surface area (Å²) in [5, 5.41) is 2.92. The number of rotatable bonds is 2. The molecule has 13 heavy (non-hydrogen) atoms. The molecule has 0 aromatic carbocycles. The van der Waals surface area contributed by atoms with Gasteiger partial charge in [0.05, 0.1) is 6.04 Å². The number of carbonyl (C=O) groups excluding carboxylic acids is 1. The van der Waals surface area contributed by atoms with E-state index in [0.717, 1.165) is 12.1 Å². The highest BCUT2D eigenvalue weighted by molar-refractivity contribution is 5.93. The van der Waals surface area contributed by atoms with Gasteiger partial charge in [0.1, 0.15) is 0 Å². The highest BCUT2D eigenvalue weighted by atomic mass is 16.1. The lowest BCUT2D eigenvalue weighted by Gasteiger charge is -2.09. The van der Waals surface area contributed by atoms with E-state index in [-0.39, 0.29) is 11.9 Å². The molecule has 0 aromatic rings. The molecule has 0 spiro atoms. The fraction of sp³-hybridized carbons (Fsp3) is 0.600. The average Bonchev–Trinajstić information content (AvgIpc) is 2.51. The van der Waals surface area contributed by atoms with Gasteiger partial charge in [0.25, 0.3) is 0 Å². The summed E-state index contributed by atoms with van der Waals surface area (Å²) >= 11 is 0. The lowest BCUT2D eigenvalue weighted by atomic mass is 10.1. The normalized spacial score (nSPS) is 24.8. The summed E-state index contributed by atoms with van der Waals surface area (Å²) in [4.78, 5) is 15.0. The molecule has 3 nitrogen and oxygen atoms in total. The van der Waals surface area contributed by atoms with Crippen LogP contribution in [0.3, 0.4) is 0 Å². The summed E-state index contributed by atoms with van der Waals surface area (Å²) in [6.45, 7) is 3.99. The van der Waals surface area contributed by atoms with Crippen molar-refractivity contribution in [1.29, 1.82) is 0 Å². The van der Waals surface area contributed by atoms with Crippen molar-refractivity contribution < 1.29 is 4.79 Å². The topological polar surface area (TPSA) is 41.5 Å². The van der Waals surface area contributed by atoms with Crippen molar-refractivity contribution >= 4 is 11.6 Å². The van der Waals surface area contributed by atoms with Crippen LogP contribution in [0.25, 0.3) is 0 Å². The van der Waals surface area contributed by atoms with E-state index in [4.69, 9.17) is 0 Å². The first-order valence-corrected chi connectivity index (χ1v) is 4.54. The van der Waals surface area contributed by atoms with Crippen molar-refractivity contribution in [3.63, 3.8) is 0 Å². The Balaban J connectivity index is 2.62. The number of nitrogens with zero attached hydrogens (tertiary/aromatic N) is 1. The predicted molar refractivity (Wildman–Crippen MR) is 54.0 cm³/mol. The van der Waals surface area contributed by atoms with Crippen LogP contribution in [0.15, 0.2) is 16.6 Å². The average molecular weight is 180 g/mol. The molecule has 0 radical (unpaired) electrons. The SMILES string of the molecule is CN=C(C)/C=C(\C)C1CCC(=O)N1. The van der Waals surface area contributed by atoms with Gasteiger partial charge in [-0.3, -0.25) is 9.79 Å². The molecular weight excluding hydrogens is 164 g/mol. The molecule has 1 atom stereocenters. The predicted octanol–water partition coefficient (Wildman–Crippen LogP) is 1.30. The van der Waals surface area contributed by atoms with E-state index in [1.807, 2.05) is 19.9 Å². The van der Waals surface area contributed by atoms with Gasteiger partial charge < -0.3 is 5.32 Å². The molecule has 1 aliphatic heterocycles. The summed E-state index contributed by atoms with van der Waals surface area (Å²) in [5.41, 5.74) is 2.19. The minimum Gasteiger partial charge on any atom is -0.350 e. The Labute approximate surface area is 78.9 Å². The zero-order valence-electron chi connectivity index (χ0n) is 8.42. The molecule has 0 aromatic heterocycles. The van der Waals surface area contributed by atoms with Crippen LogP contribution in [-0.2, 0) is 4.79 Å². The molecular formula is C10H16N2O. The van der Waals surface area contributed by atoms with Gasteiger partial charge in [-0.15, -0.1) is 0 Å². The Kier molecular flexibility index (Phi) is 3.23. The molecule has 1 rings (SSSR count). The number of hydrogen-bond donors (Lipinski definition) is 1. The summed E-state index contributed by atoms with van der Waals surface area (Å²) in [6, 6.07) is 0.226. The zero-order valence-corrected chi connectivity index (χ0v) is 8.42. The third-order valence-electron chi connectivity index (χ3n) is 2.33. The first-order valence-electron chi connectivity index (χ1n) is 4.54. The van der Waals surface area contributed by atoms with Crippen molar-refractivity contribution in [1.82, 2.24) is 5.32 Å². The Morgan fingerprint density at radius 2 is 2.31 bits per heavy atom. The van der Waals surface area contributed by atoms with Crippen LogP contribution < -0.4 is 5.32 Å². The second-order valence-corrected chi connectivity index (χ2v) is 3.41. The summed E-state index contributed by atoms with van der Waals surface area (Å²) in [5.74, 6) is 0.156. The maximum atomic E-state index is 10.9. The minimum absolute atomic E-state index is 0.156. The number of nitrogens with one attached hydrogen (secondary N) is 1. The van der Waals surface area contributed by atoms with E-state index in [9.17, 15) is 4.79 Å². The van der Waals surface area contributed by atoms with E-state index in [0.29, 0.717) is 6.42 Å². The van der Waals surface area contributed by atoms with E-state index in [1.54, 1.807) is 7.05 Å². The number of carbonyl (C=O) groups is 1.